The largest absolute Gasteiger partial charge is 0.433 e. The van der Waals surface area contributed by atoms with Crippen LogP contribution in [0.2, 0.25) is 10.3 Å². The molecule has 46 heavy (non-hydrogen) atoms. The van der Waals surface area contributed by atoms with Crippen LogP contribution >= 0.6 is 23.2 Å². The van der Waals surface area contributed by atoms with Gasteiger partial charge in [-0.05, 0) is 109 Å². The molecule has 0 aliphatic heterocycles. The zero-order valence-electron chi connectivity index (χ0n) is 24.5. The van der Waals surface area contributed by atoms with Gasteiger partial charge in [0, 0.05) is 40.8 Å². The molecule has 0 radical (unpaired) electrons. The number of benzene rings is 2. The van der Waals surface area contributed by atoms with E-state index in [1.54, 1.807) is 6.07 Å². The van der Waals surface area contributed by atoms with E-state index in [0.717, 1.165) is 67.6 Å². The second kappa shape index (κ2) is 14.2. The molecule has 6 N–H and O–H groups in total. The Bertz CT molecular complexity index is 1750. The molecular weight excluding hydrogens is 640 g/mol. The fraction of sp³-hybridized carbons (Fsp3) is 0.273. The third-order valence-corrected chi connectivity index (χ3v) is 8.19. The zero-order chi connectivity index (χ0) is 33.0. The Kier molecular flexibility index (Phi) is 10.3. The van der Waals surface area contributed by atoms with Crippen LogP contribution in [0, 0.1) is 0 Å². The van der Waals surface area contributed by atoms with E-state index in [-0.39, 0.29) is 33.9 Å². The first kappa shape index (κ1) is 33.3. The monoisotopic (exact) mass is 670 g/mol. The minimum absolute atomic E-state index is 0.0860. The van der Waals surface area contributed by atoms with Gasteiger partial charge in [0.15, 0.2) is 0 Å². The summed E-state index contributed by atoms with van der Waals surface area (Å²) in [6, 6.07) is 16.8. The number of pyridine rings is 2. The van der Waals surface area contributed by atoms with Gasteiger partial charge < -0.3 is 22.1 Å². The van der Waals surface area contributed by atoms with Gasteiger partial charge >= 0.3 is 6.18 Å². The number of hydrogen-bond acceptors (Lipinski definition) is 6. The normalized spacial score (nSPS) is 17.1. The molecule has 13 heteroatoms. The van der Waals surface area contributed by atoms with Crippen molar-refractivity contribution in [2.24, 2.45) is 11.5 Å². The summed E-state index contributed by atoms with van der Waals surface area (Å²) < 4.78 is 38.0. The molecule has 0 fully saturated rings. The number of nitrogens with two attached hydrogens (primary N) is 2. The van der Waals surface area contributed by atoms with E-state index >= 15 is 0 Å². The number of carbonyl (C=O) groups is 2. The van der Waals surface area contributed by atoms with Gasteiger partial charge in [0.1, 0.15) is 16.0 Å². The Morgan fingerprint density at radius 1 is 0.717 bits per heavy atom. The molecule has 2 atom stereocenters. The molecular formula is C33H31Cl2F3N6O2. The lowest BCUT2D eigenvalue weighted by molar-refractivity contribution is -0.141. The van der Waals surface area contributed by atoms with Crippen molar-refractivity contribution in [3.05, 3.63) is 116 Å². The van der Waals surface area contributed by atoms with Gasteiger partial charge in [-0.15, -0.1) is 0 Å². The van der Waals surface area contributed by atoms with Crippen molar-refractivity contribution < 1.29 is 22.8 Å². The molecule has 2 aromatic carbocycles. The Labute approximate surface area is 273 Å². The van der Waals surface area contributed by atoms with Gasteiger partial charge in [0.25, 0.3) is 11.8 Å². The van der Waals surface area contributed by atoms with Crippen molar-refractivity contribution >= 4 is 46.4 Å². The SMILES string of the molecule is N[C@H]1CCc2cc(NC(=O)c3cc(Cl)nc(Cl)c3)ccc2C1.N[C@H]1CCc2cc(NC(=O)c3ccnc(C(F)(F)F)c3)ccc2C1. The number of halogens is 5. The summed E-state index contributed by atoms with van der Waals surface area (Å²) in [5.74, 6) is -0.867. The number of rotatable bonds is 4. The van der Waals surface area contributed by atoms with Crippen LogP contribution in [0.15, 0.2) is 66.9 Å². The lowest BCUT2D eigenvalue weighted by Gasteiger charge is -2.22. The van der Waals surface area contributed by atoms with Crippen LogP contribution < -0.4 is 22.1 Å². The molecule has 2 heterocycles. The molecule has 6 rings (SSSR count). The third kappa shape index (κ3) is 8.61. The van der Waals surface area contributed by atoms with E-state index in [0.29, 0.717) is 11.3 Å². The van der Waals surface area contributed by atoms with Gasteiger partial charge in [0.05, 0.1) is 0 Å². The summed E-state index contributed by atoms with van der Waals surface area (Å²) in [4.78, 5) is 31.5. The van der Waals surface area contributed by atoms with Crippen LogP contribution in [-0.2, 0) is 31.9 Å². The predicted octanol–water partition coefficient (Wildman–Crippen LogP) is 6.63. The molecule has 0 saturated heterocycles. The Hall–Kier alpha value is -4.03. The van der Waals surface area contributed by atoms with E-state index in [9.17, 15) is 22.8 Å². The number of alkyl halides is 3. The molecule has 2 amide bonds. The summed E-state index contributed by atoms with van der Waals surface area (Å²) in [5.41, 5.74) is 17.2. The molecule has 0 spiro atoms. The summed E-state index contributed by atoms with van der Waals surface area (Å²) in [5, 5.41) is 5.88. The van der Waals surface area contributed by atoms with E-state index in [4.69, 9.17) is 34.7 Å². The number of nitrogens with zero attached hydrogens (tertiary/aromatic N) is 2. The topological polar surface area (TPSA) is 136 Å². The van der Waals surface area contributed by atoms with Gasteiger partial charge in [-0.25, -0.2) is 4.98 Å². The number of aryl methyl sites for hydroxylation is 2. The summed E-state index contributed by atoms with van der Waals surface area (Å²) in [6.45, 7) is 0. The van der Waals surface area contributed by atoms with E-state index < -0.39 is 17.8 Å². The van der Waals surface area contributed by atoms with E-state index in [1.807, 2.05) is 30.3 Å². The second-order valence-electron chi connectivity index (χ2n) is 11.3. The molecule has 8 nitrogen and oxygen atoms in total. The molecule has 2 aliphatic carbocycles. The summed E-state index contributed by atoms with van der Waals surface area (Å²) >= 11 is 11.6. The van der Waals surface area contributed by atoms with Crippen LogP contribution in [0.3, 0.4) is 0 Å². The first-order valence-corrected chi connectivity index (χ1v) is 15.3. The summed E-state index contributed by atoms with van der Waals surface area (Å²) in [6.07, 6.45) is 1.69. The molecule has 0 bridgehead atoms. The number of amides is 2. The van der Waals surface area contributed by atoms with Crippen molar-refractivity contribution in [1.29, 1.82) is 0 Å². The number of nitrogens with one attached hydrogen (secondary N) is 2. The van der Waals surface area contributed by atoms with E-state index in [1.165, 1.54) is 29.3 Å². The maximum atomic E-state index is 12.7. The van der Waals surface area contributed by atoms with Crippen molar-refractivity contribution in [3.63, 3.8) is 0 Å². The fourth-order valence-corrected chi connectivity index (χ4v) is 5.91. The number of fused-ring (bicyclic) bond motifs is 2. The Morgan fingerprint density at radius 2 is 1.22 bits per heavy atom. The molecule has 2 aliphatic rings. The van der Waals surface area contributed by atoms with Crippen molar-refractivity contribution in [1.82, 2.24) is 9.97 Å². The van der Waals surface area contributed by atoms with Crippen molar-refractivity contribution in [3.8, 4) is 0 Å². The highest BCUT2D eigenvalue weighted by atomic mass is 35.5. The molecule has 0 saturated carbocycles. The van der Waals surface area contributed by atoms with Crippen LogP contribution in [0.4, 0.5) is 24.5 Å². The standard InChI is InChI=1S/C17H16F3N3O.C16H15Cl2N3O/c18-17(19,20)15-9-12(5-6-22-15)16(24)23-14-4-2-10-7-13(21)3-1-11(10)8-14;17-14-7-11(8-15(18)21-14)16(22)20-13-4-2-9-5-12(19)3-1-10(9)6-13/h2,4-6,8-9,13H,1,3,7,21H2,(H,23,24);2,4,6-8,12H,1,3,5,19H2,(H,20,22)/t13-;12-/m00/s1. The number of aromatic nitrogens is 2. The molecule has 4 aromatic rings. The molecule has 2 aromatic heterocycles. The Balaban J connectivity index is 0.000000182. The average Bonchev–Trinajstić information content (AvgIpc) is 3.00. The van der Waals surface area contributed by atoms with Crippen LogP contribution in [-0.4, -0.2) is 33.9 Å². The summed E-state index contributed by atoms with van der Waals surface area (Å²) in [7, 11) is 0. The van der Waals surface area contributed by atoms with Gasteiger partial charge in [-0.1, -0.05) is 35.3 Å². The highest BCUT2D eigenvalue weighted by Crippen LogP contribution is 2.29. The number of hydrogen-bond donors (Lipinski definition) is 4. The van der Waals surface area contributed by atoms with Gasteiger partial charge in [-0.2, -0.15) is 13.2 Å². The third-order valence-electron chi connectivity index (χ3n) is 7.80. The quantitative estimate of drug-likeness (QED) is 0.180. The number of carbonyl (C=O) groups excluding carboxylic acids is 2. The maximum Gasteiger partial charge on any atom is 0.433 e. The lowest BCUT2D eigenvalue weighted by atomic mass is 9.88. The first-order valence-electron chi connectivity index (χ1n) is 14.6. The maximum absolute atomic E-state index is 12.7. The lowest BCUT2D eigenvalue weighted by Crippen LogP contribution is -2.27. The number of anilines is 2. The highest BCUT2D eigenvalue weighted by molar-refractivity contribution is 6.33. The smallest absolute Gasteiger partial charge is 0.327 e. The van der Waals surface area contributed by atoms with Crippen LogP contribution in [0.5, 0.6) is 0 Å². The Morgan fingerprint density at radius 3 is 1.72 bits per heavy atom. The molecule has 240 valence electrons. The highest BCUT2D eigenvalue weighted by Gasteiger charge is 2.33. The van der Waals surface area contributed by atoms with E-state index in [2.05, 4.69) is 20.6 Å². The van der Waals surface area contributed by atoms with Crippen LogP contribution in [0.1, 0.15) is 61.5 Å². The zero-order valence-corrected chi connectivity index (χ0v) is 26.0. The van der Waals surface area contributed by atoms with Crippen molar-refractivity contribution in [2.75, 3.05) is 10.6 Å². The predicted molar refractivity (Wildman–Crippen MR) is 172 cm³/mol. The average molecular weight is 672 g/mol. The minimum Gasteiger partial charge on any atom is -0.327 e. The van der Waals surface area contributed by atoms with Crippen LogP contribution in [0.25, 0.3) is 0 Å². The van der Waals surface area contributed by atoms with Gasteiger partial charge in [-0.3, -0.25) is 14.6 Å². The second-order valence-corrected chi connectivity index (χ2v) is 12.1. The molecule has 0 unspecified atom stereocenters. The fourth-order valence-electron chi connectivity index (χ4n) is 5.45. The van der Waals surface area contributed by atoms with Crippen molar-refractivity contribution in [2.45, 2.75) is 56.8 Å². The van der Waals surface area contributed by atoms with Gasteiger partial charge in [0.2, 0.25) is 0 Å². The minimum atomic E-state index is -4.58. The first-order chi connectivity index (χ1) is 21.8.